The number of nitrogens with zero attached hydrogens (tertiary/aromatic N) is 4. The van der Waals surface area contributed by atoms with Crippen molar-refractivity contribution in [2.75, 3.05) is 0 Å². The maximum absolute atomic E-state index is 4.13. The molecule has 2 aromatic rings. The summed E-state index contributed by atoms with van der Waals surface area (Å²) >= 11 is 3.35. The van der Waals surface area contributed by atoms with Gasteiger partial charge in [0, 0.05) is 16.9 Å². The van der Waals surface area contributed by atoms with Gasteiger partial charge in [-0.25, -0.2) is 14.6 Å². The second-order valence-electron chi connectivity index (χ2n) is 2.46. The second-order valence-corrected chi connectivity index (χ2v) is 3.37. The van der Waals surface area contributed by atoms with Crippen LogP contribution in [0.5, 0.6) is 0 Å². The molecule has 5 heteroatoms. The summed E-state index contributed by atoms with van der Waals surface area (Å²) in [7, 11) is 0. The monoisotopic (exact) mass is 238 g/mol. The lowest BCUT2D eigenvalue weighted by molar-refractivity contribution is 0.913. The van der Waals surface area contributed by atoms with E-state index < -0.39 is 0 Å². The Morgan fingerprint density at radius 2 is 2.38 bits per heavy atom. The number of hydrogen-bond donors (Lipinski definition) is 0. The number of halogens is 1. The van der Waals surface area contributed by atoms with Gasteiger partial charge in [0.2, 0.25) is 0 Å². The van der Waals surface area contributed by atoms with Crippen molar-refractivity contribution in [3.63, 3.8) is 0 Å². The van der Waals surface area contributed by atoms with Crippen molar-refractivity contribution < 1.29 is 0 Å². The summed E-state index contributed by atoms with van der Waals surface area (Å²) in [6.45, 7) is 1.86. The van der Waals surface area contributed by atoms with Crippen LogP contribution in [0.3, 0.4) is 0 Å². The molecule has 0 aliphatic rings. The Morgan fingerprint density at radius 3 is 3.15 bits per heavy atom. The Hall–Kier alpha value is -1.23. The molecule has 2 aromatic heterocycles. The van der Waals surface area contributed by atoms with Crippen LogP contribution < -0.4 is 0 Å². The first-order valence-electron chi connectivity index (χ1n) is 3.79. The van der Waals surface area contributed by atoms with Crippen LogP contribution >= 0.6 is 15.9 Å². The average Bonchev–Trinajstić information content (AvgIpc) is 2.49. The third-order valence-electron chi connectivity index (χ3n) is 1.59. The molecule has 0 aromatic carbocycles. The molecule has 2 rings (SSSR count). The summed E-state index contributed by atoms with van der Waals surface area (Å²) in [5, 5.41) is 4.10. The lowest BCUT2D eigenvalue weighted by atomic mass is 10.4. The van der Waals surface area contributed by atoms with E-state index in [9.17, 15) is 0 Å². The molecule has 0 aliphatic heterocycles. The van der Waals surface area contributed by atoms with Crippen molar-refractivity contribution in [2.24, 2.45) is 5.10 Å². The third-order valence-corrected chi connectivity index (χ3v) is 2.02. The van der Waals surface area contributed by atoms with Crippen LogP contribution in [0.4, 0.5) is 0 Å². The molecule has 0 radical (unpaired) electrons. The van der Waals surface area contributed by atoms with Gasteiger partial charge in [-0.15, -0.1) is 0 Å². The number of imidazole rings is 1. The van der Waals surface area contributed by atoms with Gasteiger partial charge >= 0.3 is 0 Å². The van der Waals surface area contributed by atoms with E-state index in [2.05, 4.69) is 31.0 Å². The zero-order valence-electron chi connectivity index (χ0n) is 6.98. The molecule has 0 aliphatic carbocycles. The first-order chi connectivity index (χ1) is 6.31. The topological polar surface area (TPSA) is 43.1 Å². The Kier molecular flexibility index (Phi) is 2.10. The molecule has 0 fully saturated rings. The van der Waals surface area contributed by atoms with Crippen LogP contribution in [-0.4, -0.2) is 20.9 Å². The minimum Gasteiger partial charge on any atom is -0.234 e. The lowest BCUT2D eigenvalue weighted by Crippen LogP contribution is -1.85. The summed E-state index contributed by atoms with van der Waals surface area (Å²) in [6.07, 6.45) is 5.07. The predicted octanol–water partition coefficient (Wildman–Crippen LogP) is 2.05. The molecular formula is C8H7BrN4. The summed E-state index contributed by atoms with van der Waals surface area (Å²) in [5.41, 5.74) is 1.60. The Balaban J connectivity index is 2.71. The predicted molar refractivity (Wildman–Crippen MR) is 54.8 cm³/mol. The van der Waals surface area contributed by atoms with E-state index in [-0.39, 0.29) is 0 Å². The molecule has 0 saturated heterocycles. The Morgan fingerprint density at radius 1 is 1.54 bits per heavy atom. The van der Waals surface area contributed by atoms with Crippen LogP contribution in [0.15, 0.2) is 28.2 Å². The Labute approximate surface area is 83.4 Å². The molecule has 0 bridgehead atoms. The highest BCUT2D eigenvalue weighted by atomic mass is 79.9. The van der Waals surface area contributed by atoms with E-state index in [0.717, 1.165) is 9.99 Å². The van der Waals surface area contributed by atoms with Crippen molar-refractivity contribution in [3.8, 4) is 0 Å². The molecule has 0 spiro atoms. The van der Waals surface area contributed by atoms with E-state index in [1.54, 1.807) is 23.4 Å². The summed E-state index contributed by atoms with van der Waals surface area (Å²) in [4.78, 5) is 8.23. The zero-order chi connectivity index (χ0) is 9.26. The van der Waals surface area contributed by atoms with Crippen molar-refractivity contribution in [1.29, 1.82) is 0 Å². The fourth-order valence-corrected chi connectivity index (χ4v) is 1.40. The van der Waals surface area contributed by atoms with E-state index in [1.165, 1.54) is 0 Å². The van der Waals surface area contributed by atoms with Gasteiger partial charge in [0.25, 0.3) is 0 Å². The average molecular weight is 239 g/mol. The molecule has 13 heavy (non-hydrogen) atoms. The van der Waals surface area contributed by atoms with Gasteiger partial charge in [-0.05, 0) is 28.9 Å². The molecule has 0 unspecified atom stereocenters. The SMILES string of the molecule is C/C=N/n1cnc2ncc(Br)cc21. The largest absolute Gasteiger partial charge is 0.234 e. The van der Waals surface area contributed by atoms with Crippen LogP contribution in [0, 0.1) is 0 Å². The number of fused-ring (bicyclic) bond motifs is 1. The van der Waals surface area contributed by atoms with Gasteiger partial charge in [0.15, 0.2) is 5.65 Å². The smallest absolute Gasteiger partial charge is 0.179 e. The summed E-state index contributed by atoms with van der Waals surface area (Å²) in [5.74, 6) is 0. The minimum atomic E-state index is 0.703. The quantitative estimate of drug-likeness (QED) is 0.714. The first-order valence-corrected chi connectivity index (χ1v) is 4.58. The van der Waals surface area contributed by atoms with Gasteiger partial charge in [-0.3, -0.25) is 0 Å². The molecular weight excluding hydrogens is 232 g/mol. The summed E-state index contributed by atoms with van der Waals surface area (Å²) < 4.78 is 2.61. The molecule has 4 nitrogen and oxygen atoms in total. The maximum atomic E-state index is 4.13. The van der Waals surface area contributed by atoms with E-state index in [0.29, 0.717) is 5.65 Å². The van der Waals surface area contributed by atoms with Crippen LogP contribution in [0.25, 0.3) is 11.2 Å². The third kappa shape index (κ3) is 1.47. The molecule has 0 atom stereocenters. The highest BCUT2D eigenvalue weighted by molar-refractivity contribution is 9.10. The van der Waals surface area contributed by atoms with E-state index >= 15 is 0 Å². The normalized spacial score (nSPS) is 11.5. The number of pyridine rings is 1. The van der Waals surface area contributed by atoms with Gasteiger partial charge in [0.05, 0.1) is 0 Å². The molecule has 0 amide bonds. The summed E-state index contributed by atoms with van der Waals surface area (Å²) in [6, 6.07) is 1.93. The number of hydrogen-bond acceptors (Lipinski definition) is 3. The molecule has 66 valence electrons. The lowest BCUT2D eigenvalue weighted by Gasteiger charge is -1.94. The fourth-order valence-electron chi connectivity index (χ4n) is 1.08. The molecule has 0 saturated carbocycles. The van der Waals surface area contributed by atoms with Gasteiger partial charge in [0.1, 0.15) is 11.8 Å². The van der Waals surface area contributed by atoms with E-state index in [4.69, 9.17) is 0 Å². The number of rotatable bonds is 1. The first kappa shape index (κ1) is 8.37. The standard InChI is InChI=1S/C8H7BrN4/c1-2-12-13-5-11-8-7(13)3-6(9)4-10-8/h2-5H,1H3/b12-2+. The Bertz CT molecular complexity index is 460. The zero-order valence-corrected chi connectivity index (χ0v) is 8.56. The van der Waals surface area contributed by atoms with Crippen molar-refractivity contribution in [3.05, 3.63) is 23.1 Å². The van der Waals surface area contributed by atoms with Crippen molar-refractivity contribution in [1.82, 2.24) is 14.6 Å². The van der Waals surface area contributed by atoms with Crippen LogP contribution in [-0.2, 0) is 0 Å². The minimum absolute atomic E-state index is 0.703. The van der Waals surface area contributed by atoms with E-state index in [1.807, 2.05) is 13.0 Å². The van der Waals surface area contributed by atoms with Gasteiger partial charge < -0.3 is 0 Å². The highest BCUT2D eigenvalue weighted by Gasteiger charge is 2.01. The molecule has 2 heterocycles. The van der Waals surface area contributed by atoms with Gasteiger partial charge in [-0.2, -0.15) is 5.10 Å². The fraction of sp³-hybridized carbons (Fsp3) is 0.125. The maximum Gasteiger partial charge on any atom is 0.179 e. The van der Waals surface area contributed by atoms with Crippen LogP contribution in [0.1, 0.15) is 6.92 Å². The van der Waals surface area contributed by atoms with Crippen LogP contribution in [0.2, 0.25) is 0 Å². The second kappa shape index (κ2) is 3.26. The highest BCUT2D eigenvalue weighted by Crippen LogP contribution is 2.15. The van der Waals surface area contributed by atoms with Crippen molar-refractivity contribution in [2.45, 2.75) is 6.92 Å². The molecule has 0 N–H and O–H groups in total. The number of aromatic nitrogens is 3. The van der Waals surface area contributed by atoms with Gasteiger partial charge in [-0.1, -0.05) is 0 Å². The van der Waals surface area contributed by atoms with Crippen molar-refractivity contribution >= 4 is 33.3 Å².